The molecule has 0 aliphatic rings. The van der Waals surface area contributed by atoms with Crippen LogP contribution in [-0.4, -0.2) is 12.6 Å². The van der Waals surface area contributed by atoms with Crippen molar-refractivity contribution in [1.29, 1.82) is 0 Å². The van der Waals surface area contributed by atoms with Gasteiger partial charge >= 0.3 is 0 Å². The third-order valence-corrected chi connectivity index (χ3v) is 5.09. The van der Waals surface area contributed by atoms with Crippen molar-refractivity contribution in [3.63, 3.8) is 0 Å². The molecule has 2 aromatic rings. The number of hydrogen-bond donors (Lipinski definition) is 1. The minimum atomic E-state index is 0.535. The minimum Gasteiger partial charge on any atom is -0.314 e. The van der Waals surface area contributed by atoms with E-state index in [0.29, 0.717) is 12.0 Å². The summed E-state index contributed by atoms with van der Waals surface area (Å²) < 4.78 is 0. The Kier molecular flexibility index (Phi) is 6.01. The fraction of sp³-hybridized carbons (Fsp3) is 0.474. The van der Waals surface area contributed by atoms with Gasteiger partial charge in [-0.1, -0.05) is 50.6 Å². The predicted octanol–water partition coefficient (Wildman–Crippen LogP) is 4.94. The van der Waals surface area contributed by atoms with Crippen LogP contribution in [0.4, 0.5) is 0 Å². The number of hydrogen-bond acceptors (Lipinski definition) is 2. The SMILES string of the molecule is CCc1ccc(CC(CNC(C)C)c2ccc(C)cc2)s1. The van der Waals surface area contributed by atoms with Gasteiger partial charge in [0, 0.05) is 28.3 Å². The van der Waals surface area contributed by atoms with Gasteiger partial charge in [-0.25, -0.2) is 0 Å². The lowest BCUT2D eigenvalue weighted by Crippen LogP contribution is -2.28. The predicted molar refractivity (Wildman–Crippen MR) is 94.5 cm³/mol. The first kappa shape index (κ1) is 16.3. The maximum atomic E-state index is 3.60. The van der Waals surface area contributed by atoms with Crippen LogP contribution in [0.3, 0.4) is 0 Å². The smallest absolute Gasteiger partial charge is 0.00547 e. The molecule has 1 unspecified atom stereocenters. The van der Waals surface area contributed by atoms with Crippen molar-refractivity contribution in [3.05, 3.63) is 57.3 Å². The Balaban J connectivity index is 2.12. The Morgan fingerprint density at radius 2 is 1.67 bits per heavy atom. The summed E-state index contributed by atoms with van der Waals surface area (Å²) in [6.45, 7) is 9.85. The van der Waals surface area contributed by atoms with Gasteiger partial charge in [0.05, 0.1) is 0 Å². The highest BCUT2D eigenvalue weighted by atomic mass is 32.1. The summed E-state index contributed by atoms with van der Waals surface area (Å²) >= 11 is 1.97. The van der Waals surface area contributed by atoms with Crippen molar-refractivity contribution in [2.75, 3.05) is 6.54 Å². The zero-order valence-corrected chi connectivity index (χ0v) is 14.5. The van der Waals surface area contributed by atoms with E-state index in [2.05, 4.69) is 69.4 Å². The number of benzene rings is 1. The van der Waals surface area contributed by atoms with E-state index in [-0.39, 0.29) is 0 Å². The second-order valence-electron chi connectivity index (χ2n) is 6.10. The molecule has 1 aromatic heterocycles. The van der Waals surface area contributed by atoms with E-state index in [9.17, 15) is 0 Å². The van der Waals surface area contributed by atoms with Crippen molar-refractivity contribution in [3.8, 4) is 0 Å². The summed E-state index contributed by atoms with van der Waals surface area (Å²) in [5.41, 5.74) is 2.78. The molecule has 0 saturated carbocycles. The van der Waals surface area contributed by atoms with Gasteiger partial charge in [-0.2, -0.15) is 0 Å². The second kappa shape index (κ2) is 7.77. The number of nitrogens with one attached hydrogen (secondary N) is 1. The molecule has 0 aliphatic carbocycles. The average molecular weight is 301 g/mol. The first-order chi connectivity index (χ1) is 10.1. The van der Waals surface area contributed by atoms with Crippen molar-refractivity contribution in [2.24, 2.45) is 0 Å². The highest BCUT2D eigenvalue weighted by molar-refractivity contribution is 7.11. The summed E-state index contributed by atoms with van der Waals surface area (Å²) in [6, 6.07) is 14.1. The van der Waals surface area contributed by atoms with Crippen LogP contribution in [0.5, 0.6) is 0 Å². The lowest BCUT2D eigenvalue weighted by Gasteiger charge is -2.19. The van der Waals surface area contributed by atoms with Crippen LogP contribution in [0.25, 0.3) is 0 Å². The molecule has 2 heteroatoms. The first-order valence-electron chi connectivity index (χ1n) is 7.96. The lowest BCUT2D eigenvalue weighted by atomic mass is 9.94. The van der Waals surface area contributed by atoms with E-state index in [1.54, 1.807) is 0 Å². The molecule has 1 aromatic carbocycles. The third-order valence-electron chi connectivity index (χ3n) is 3.83. The molecule has 1 nitrogen and oxygen atoms in total. The van der Waals surface area contributed by atoms with Crippen LogP contribution in [0, 0.1) is 6.92 Å². The zero-order chi connectivity index (χ0) is 15.2. The summed E-state index contributed by atoms with van der Waals surface area (Å²) in [6.07, 6.45) is 2.28. The first-order valence-corrected chi connectivity index (χ1v) is 8.77. The quantitative estimate of drug-likeness (QED) is 0.763. The van der Waals surface area contributed by atoms with E-state index >= 15 is 0 Å². The van der Waals surface area contributed by atoms with Crippen LogP contribution >= 0.6 is 11.3 Å². The number of aryl methyl sites for hydroxylation is 2. The van der Waals surface area contributed by atoms with Crippen molar-refractivity contribution in [2.45, 2.75) is 52.5 Å². The van der Waals surface area contributed by atoms with Gasteiger partial charge in [-0.15, -0.1) is 11.3 Å². The molecular formula is C19H27NS. The fourth-order valence-corrected chi connectivity index (χ4v) is 3.53. The largest absolute Gasteiger partial charge is 0.314 e. The molecule has 2 rings (SSSR count). The van der Waals surface area contributed by atoms with Gasteiger partial charge in [-0.05, 0) is 37.5 Å². The number of rotatable bonds is 7. The Labute approximate surface area is 133 Å². The maximum absolute atomic E-state index is 3.60. The topological polar surface area (TPSA) is 12.0 Å². The minimum absolute atomic E-state index is 0.535. The van der Waals surface area contributed by atoms with E-state index in [1.807, 2.05) is 11.3 Å². The van der Waals surface area contributed by atoms with Gasteiger partial charge < -0.3 is 5.32 Å². The fourth-order valence-electron chi connectivity index (χ4n) is 2.49. The highest BCUT2D eigenvalue weighted by Crippen LogP contribution is 2.26. The molecule has 0 radical (unpaired) electrons. The Morgan fingerprint density at radius 3 is 2.24 bits per heavy atom. The van der Waals surface area contributed by atoms with Gasteiger partial charge in [-0.3, -0.25) is 0 Å². The van der Waals surface area contributed by atoms with E-state index in [4.69, 9.17) is 0 Å². The Hall–Kier alpha value is -1.12. The summed E-state index contributed by atoms with van der Waals surface area (Å²) in [4.78, 5) is 2.99. The lowest BCUT2D eigenvalue weighted by molar-refractivity contribution is 0.528. The standard InChI is InChI=1S/C19H27NS/c1-5-18-10-11-19(21-18)12-17(13-20-14(2)3)16-8-6-15(4)7-9-16/h6-11,14,17,20H,5,12-13H2,1-4H3. The Bertz CT molecular complexity index is 539. The second-order valence-corrected chi connectivity index (χ2v) is 7.35. The van der Waals surface area contributed by atoms with E-state index in [0.717, 1.165) is 19.4 Å². The Morgan fingerprint density at radius 1 is 1.00 bits per heavy atom. The maximum Gasteiger partial charge on any atom is 0.00547 e. The van der Waals surface area contributed by atoms with Gasteiger partial charge in [0.1, 0.15) is 0 Å². The summed E-state index contributed by atoms with van der Waals surface area (Å²) in [5, 5.41) is 3.60. The molecule has 114 valence electrons. The molecule has 0 fully saturated rings. The number of thiophene rings is 1. The van der Waals surface area contributed by atoms with Crippen molar-refractivity contribution < 1.29 is 0 Å². The zero-order valence-electron chi connectivity index (χ0n) is 13.6. The molecule has 0 bridgehead atoms. The normalized spacial score (nSPS) is 12.8. The third kappa shape index (κ3) is 4.98. The molecule has 0 saturated heterocycles. The van der Waals surface area contributed by atoms with Crippen LogP contribution < -0.4 is 5.32 Å². The van der Waals surface area contributed by atoms with E-state index in [1.165, 1.54) is 20.9 Å². The van der Waals surface area contributed by atoms with Crippen molar-refractivity contribution >= 4 is 11.3 Å². The molecule has 1 N–H and O–H groups in total. The molecule has 1 heterocycles. The molecule has 0 amide bonds. The van der Waals surface area contributed by atoms with E-state index < -0.39 is 0 Å². The molecule has 0 spiro atoms. The van der Waals surface area contributed by atoms with Crippen LogP contribution in [-0.2, 0) is 12.8 Å². The molecule has 21 heavy (non-hydrogen) atoms. The van der Waals surface area contributed by atoms with Crippen LogP contribution in [0.2, 0.25) is 0 Å². The van der Waals surface area contributed by atoms with Crippen molar-refractivity contribution in [1.82, 2.24) is 5.32 Å². The average Bonchev–Trinajstić information content (AvgIpc) is 2.92. The van der Waals surface area contributed by atoms with Gasteiger partial charge in [0.15, 0.2) is 0 Å². The van der Waals surface area contributed by atoms with Crippen LogP contribution in [0.1, 0.15) is 47.6 Å². The van der Waals surface area contributed by atoms with Crippen LogP contribution in [0.15, 0.2) is 36.4 Å². The van der Waals surface area contributed by atoms with Gasteiger partial charge in [0.2, 0.25) is 0 Å². The highest BCUT2D eigenvalue weighted by Gasteiger charge is 2.14. The summed E-state index contributed by atoms with van der Waals surface area (Å²) in [7, 11) is 0. The summed E-state index contributed by atoms with van der Waals surface area (Å²) in [5.74, 6) is 0.552. The monoisotopic (exact) mass is 301 g/mol. The molecular weight excluding hydrogens is 274 g/mol. The van der Waals surface area contributed by atoms with Gasteiger partial charge in [0.25, 0.3) is 0 Å². The molecule has 1 atom stereocenters. The molecule has 0 aliphatic heterocycles.